The van der Waals surface area contributed by atoms with Crippen LogP contribution in [0.5, 0.6) is 0 Å². The lowest BCUT2D eigenvalue weighted by Crippen LogP contribution is -2.35. The van der Waals surface area contributed by atoms with Crippen molar-refractivity contribution < 1.29 is 18.0 Å². The van der Waals surface area contributed by atoms with Crippen molar-refractivity contribution >= 4 is 27.3 Å². The van der Waals surface area contributed by atoms with Crippen LogP contribution in [0.1, 0.15) is 37.6 Å². The highest BCUT2D eigenvalue weighted by Gasteiger charge is 2.29. The van der Waals surface area contributed by atoms with Crippen molar-refractivity contribution in [3.05, 3.63) is 29.8 Å². The number of anilines is 1. The number of sulfone groups is 1. The lowest BCUT2D eigenvalue weighted by Gasteiger charge is -2.18. The van der Waals surface area contributed by atoms with Crippen molar-refractivity contribution in [3.63, 3.8) is 0 Å². The summed E-state index contributed by atoms with van der Waals surface area (Å²) in [4.78, 5) is 24.2. The van der Waals surface area contributed by atoms with E-state index in [9.17, 15) is 18.0 Å². The Morgan fingerprint density at radius 1 is 1.22 bits per heavy atom. The quantitative estimate of drug-likeness (QED) is 0.875. The zero-order valence-corrected chi connectivity index (χ0v) is 14.4. The van der Waals surface area contributed by atoms with E-state index in [0.29, 0.717) is 17.7 Å². The molecule has 7 heteroatoms. The molecule has 23 heavy (non-hydrogen) atoms. The van der Waals surface area contributed by atoms with E-state index < -0.39 is 15.3 Å². The zero-order valence-electron chi connectivity index (χ0n) is 13.5. The first-order valence-electron chi connectivity index (χ1n) is 7.50. The molecule has 0 radical (unpaired) electrons. The van der Waals surface area contributed by atoms with Crippen LogP contribution in [0.4, 0.5) is 5.69 Å². The highest BCUT2D eigenvalue weighted by Crippen LogP contribution is 2.18. The molecule has 0 saturated carbocycles. The summed E-state index contributed by atoms with van der Waals surface area (Å²) in [5.74, 6) is -0.380. The van der Waals surface area contributed by atoms with Gasteiger partial charge in [0.2, 0.25) is 5.91 Å². The van der Waals surface area contributed by atoms with Gasteiger partial charge in [0.05, 0.1) is 11.5 Å². The number of benzene rings is 1. The predicted molar refractivity (Wildman–Crippen MR) is 89.1 cm³/mol. The molecule has 0 bridgehead atoms. The Kier molecular flexibility index (Phi) is 4.79. The fraction of sp³-hybridized carbons (Fsp3) is 0.500. The van der Waals surface area contributed by atoms with Crippen LogP contribution in [0.25, 0.3) is 0 Å². The summed E-state index contributed by atoms with van der Waals surface area (Å²) in [5, 5.41) is 5.50. The highest BCUT2D eigenvalue weighted by atomic mass is 32.2. The molecule has 6 nitrogen and oxygen atoms in total. The van der Waals surface area contributed by atoms with Crippen LogP contribution in [0, 0.1) is 5.41 Å². The molecule has 1 saturated heterocycles. The molecule has 2 rings (SSSR count). The Balaban J connectivity index is 2.04. The number of amides is 2. The van der Waals surface area contributed by atoms with Crippen LogP contribution in [0.2, 0.25) is 0 Å². The smallest absolute Gasteiger partial charge is 0.251 e. The first-order chi connectivity index (χ1) is 10.6. The minimum absolute atomic E-state index is 0.0147. The van der Waals surface area contributed by atoms with Crippen LogP contribution in [-0.2, 0) is 14.6 Å². The van der Waals surface area contributed by atoms with Crippen LogP contribution in [-0.4, -0.2) is 37.8 Å². The molecular weight excluding hydrogens is 316 g/mol. The minimum Gasteiger partial charge on any atom is -0.348 e. The molecule has 1 atom stereocenters. The van der Waals surface area contributed by atoms with E-state index in [2.05, 4.69) is 10.6 Å². The molecule has 2 amide bonds. The molecule has 1 aliphatic rings. The Morgan fingerprint density at radius 2 is 1.91 bits per heavy atom. The average molecular weight is 338 g/mol. The topological polar surface area (TPSA) is 92.3 Å². The van der Waals surface area contributed by atoms with Crippen molar-refractivity contribution in [3.8, 4) is 0 Å². The third kappa shape index (κ3) is 4.79. The highest BCUT2D eigenvalue weighted by molar-refractivity contribution is 7.91. The van der Waals surface area contributed by atoms with Gasteiger partial charge in [0.25, 0.3) is 5.91 Å². The SMILES string of the molecule is CC(C)(C)C(=O)Nc1cccc(C(=O)NC2CCS(=O)(=O)C2)c1. The van der Waals surface area contributed by atoms with Gasteiger partial charge in [-0.1, -0.05) is 26.8 Å². The lowest BCUT2D eigenvalue weighted by molar-refractivity contribution is -0.123. The predicted octanol–water partition coefficient (Wildman–Crippen LogP) is 1.59. The molecule has 1 aromatic carbocycles. The number of carbonyl (C=O) groups is 2. The standard InChI is InChI=1S/C16H22N2O4S/c1-16(2,3)15(20)18-12-6-4-5-11(9-12)14(19)17-13-7-8-23(21,22)10-13/h4-6,9,13H,7-8,10H2,1-3H3,(H,17,19)(H,18,20). The van der Waals surface area contributed by atoms with Crippen LogP contribution < -0.4 is 10.6 Å². The van der Waals surface area contributed by atoms with E-state index in [1.54, 1.807) is 45.0 Å². The Labute approximate surface area is 136 Å². The molecule has 126 valence electrons. The molecular formula is C16H22N2O4S. The maximum Gasteiger partial charge on any atom is 0.251 e. The first-order valence-corrected chi connectivity index (χ1v) is 9.32. The second-order valence-electron chi connectivity index (χ2n) is 6.86. The van der Waals surface area contributed by atoms with E-state index in [1.165, 1.54) is 0 Å². The summed E-state index contributed by atoms with van der Waals surface area (Å²) in [6, 6.07) is 6.26. The summed E-state index contributed by atoms with van der Waals surface area (Å²) in [5.41, 5.74) is 0.397. The van der Waals surface area contributed by atoms with Gasteiger partial charge >= 0.3 is 0 Å². The molecule has 0 spiro atoms. The van der Waals surface area contributed by atoms with Gasteiger partial charge in [0.15, 0.2) is 9.84 Å². The summed E-state index contributed by atoms with van der Waals surface area (Å²) < 4.78 is 22.9. The van der Waals surface area contributed by atoms with E-state index in [-0.39, 0.29) is 29.4 Å². The zero-order chi connectivity index (χ0) is 17.3. The van der Waals surface area contributed by atoms with Crippen LogP contribution in [0.3, 0.4) is 0 Å². The largest absolute Gasteiger partial charge is 0.348 e. The number of nitrogens with one attached hydrogen (secondary N) is 2. The molecule has 1 fully saturated rings. The van der Waals surface area contributed by atoms with Crippen molar-refractivity contribution in [2.45, 2.75) is 33.2 Å². The molecule has 1 heterocycles. The second kappa shape index (κ2) is 6.31. The maximum atomic E-state index is 12.2. The number of rotatable bonds is 3. The molecule has 1 aliphatic heterocycles. The lowest BCUT2D eigenvalue weighted by atomic mass is 9.95. The van der Waals surface area contributed by atoms with Crippen molar-refractivity contribution in [1.29, 1.82) is 0 Å². The third-order valence-electron chi connectivity index (χ3n) is 3.63. The summed E-state index contributed by atoms with van der Waals surface area (Å²) in [6.45, 7) is 5.41. The Hall–Kier alpha value is -1.89. The van der Waals surface area contributed by atoms with Crippen LogP contribution in [0.15, 0.2) is 24.3 Å². The Morgan fingerprint density at radius 3 is 2.48 bits per heavy atom. The van der Waals surface area contributed by atoms with Gasteiger partial charge in [0, 0.05) is 22.7 Å². The summed E-state index contributed by atoms with van der Waals surface area (Å²) in [6.07, 6.45) is 0.439. The van der Waals surface area contributed by atoms with Gasteiger partial charge < -0.3 is 10.6 Å². The fourth-order valence-electron chi connectivity index (χ4n) is 2.23. The second-order valence-corrected chi connectivity index (χ2v) is 9.09. The number of carbonyl (C=O) groups excluding carboxylic acids is 2. The van der Waals surface area contributed by atoms with Gasteiger partial charge in [-0.25, -0.2) is 8.42 Å². The van der Waals surface area contributed by atoms with Gasteiger partial charge in [-0.05, 0) is 24.6 Å². The van der Waals surface area contributed by atoms with Crippen molar-refractivity contribution in [2.24, 2.45) is 5.41 Å². The van der Waals surface area contributed by atoms with E-state index in [1.807, 2.05) is 0 Å². The van der Waals surface area contributed by atoms with Gasteiger partial charge in [-0.3, -0.25) is 9.59 Å². The van der Waals surface area contributed by atoms with Gasteiger partial charge in [0.1, 0.15) is 0 Å². The molecule has 1 unspecified atom stereocenters. The minimum atomic E-state index is -3.04. The van der Waals surface area contributed by atoms with E-state index in [0.717, 1.165) is 0 Å². The van der Waals surface area contributed by atoms with E-state index in [4.69, 9.17) is 0 Å². The maximum absolute atomic E-state index is 12.2. The fourth-order valence-corrected chi connectivity index (χ4v) is 3.91. The first kappa shape index (κ1) is 17.5. The van der Waals surface area contributed by atoms with Crippen molar-refractivity contribution in [2.75, 3.05) is 16.8 Å². The van der Waals surface area contributed by atoms with E-state index >= 15 is 0 Å². The Bertz CT molecular complexity index is 720. The molecule has 2 N–H and O–H groups in total. The average Bonchev–Trinajstić information content (AvgIpc) is 2.77. The van der Waals surface area contributed by atoms with Crippen molar-refractivity contribution in [1.82, 2.24) is 5.32 Å². The number of hydrogen-bond acceptors (Lipinski definition) is 4. The third-order valence-corrected chi connectivity index (χ3v) is 5.40. The molecule has 1 aromatic rings. The number of hydrogen-bond donors (Lipinski definition) is 2. The summed E-state index contributed by atoms with van der Waals surface area (Å²) in [7, 11) is -3.04. The summed E-state index contributed by atoms with van der Waals surface area (Å²) >= 11 is 0. The van der Waals surface area contributed by atoms with Gasteiger partial charge in [-0.15, -0.1) is 0 Å². The molecule has 0 aromatic heterocycles. The normalized spacial score (nSPS) is 20.0. The van der Waals surface area contributed by atoms with Crippen LogP contribution >= 0.6 is 0 Å². The molecule has 0 aliphatic carbocycles. The van der Waals surface area contributed by atoms with Gasteiger partial charge in [-0.2, -0.15) is 0 Å². The monoisotopic (exact) mass is 338 g/mol.